The first-order valence-corrected chi connectivity index (χ1v) is 5.42. The van der Waals surface area contributed by atoms with E-state index in [1.165, 1.54) is 0 Å². The summed E-state index contributed by atoms with van der Waals surface area (Å²) < 4.78 is 0.824. The highest BCUT2D eigenvalue weighted by Gasteiger charge is 2.26. The first-order valence-electron chi connectivity index (χ1n) is 4.62. The van der Waals surface area contributed by atoms with Crippen molar-refractivity contribution in [2.75, 3.05) is 0 Å². The molecule has 0 saturated heterocycles. The SMILES string of the molecule is O=C(O)c1nn(-c2nc[nH]c(=O)c2Br)cc1[N+](=O)[O-]. The summed E-state index contributed by atoms with van der Waals surface area (Å²) >= 11 is 2.94. The second-order valence-electron chi connectivity index (χ2n) is 3.24. The number of nitro groups is 1. The maximum atomic E-state index is 11.3. The fourth-order valence-electron chi connectivity index (χ4n) is 1.29. The molecule has 19 heavy (non-hydrogen) atoms. The van der Waals surface area contributed by atoms with Crippen LogP contribution in [0.1, 0.15) is 10.5 Å². The summed E-state index contributed by atoms with van der Waals surface area (Å²) in [7, 11) is 0. The van der Waals surface area contributed by atoms with Gasteiger partial charge in [-0.1, -0.05) is 0 Å². The summed E-state index contributed by atoms with van der Waals surface area (Å²) in [6.07, 6.45) is 1.94. The lowest BCUT2D eigenvalue weighted by Crippen LogP contribution is -2.13. The molecule has 2 rings (SSSR count). The number of carbonyl (C=O) groups is 1. The number of nitrogens with one attached hydrogen (secondary N) is 1. The van der Waals surface area contributed by atoms with Crippen LogP contribution in [-0.2, 0) is 0 Å². The largest absolute Gasteiger partial charge is 0.476 e. The third kappa shape index (κ3) is 2.22. The lowest BCUT2D eigenvalue weighted by molar-refractivity contribution is -0.385. The van der Waals surface area contributed by atoms with Gasteiger partial charge in [0.05, 0.1) is 11.3 Å². The molecule has 0 fully saturated rings. The van der Waals surface area contributed by atoms with E-state index >= 15 is 0 Å². The summed E-state index contributed by atoms with van der Waals surface area (Å²) in [5, 5.41) is 23.1. The molecule has 98 valence electrons. The average molecular weight is 330 g/mol. The van der Waals surface area contributed by atoms with Gasteiger partial charge in [0.25, 0.3) is 5.56 Å². The molecule has 0 amide bonds. The normalized spacial score (nSPS) is 10.4. The minimum absolute atomic E-state index is 0.0238. The van der Waals surface area contributed by atoms with E-state index in [4.69, 9.17) is 5.11 Å². The summed E-state index contributed by atoms with van der Waals surface area (Å²) in [4.78, 5) is 38.0. The number of aromatic carboxylic acids is 1. The van der Waals surface area contributed by atoms with Gasteiger partial charge in [0, 0.05) is 0 Å². The van der Waals surface area contributed by atoms with E-state index in [9.17, 15) is 19.7 Å². The van der Waals surface area contributed by atoms with Crippen LogP contribution in [0.2, 0.25) is 0 Å². The van der Waals surface area contributed by atoms with Gasteiger partial charge in [-0.05, 0) is 15.9 Å². The fraction of sp³-hybridized carbons (Fsp3) is 0. The van der Waals surface area contributed by atoms with Crippen molar-refractivity contribution in [2.45, 2.75) is 0 Å². The lowest BCUT2D eigenvalue weighted by Gasteiger charge is -2.00. The van der Waals surface area contributed by atoms with Crippen LogP contribution >= 0.6 is 15.9 Å². The van der Waals surface area contributed by atoms with Crippen molar-refractivity contribution >= 4 is 27.6 Å². The maximum Gasteiger partial charge on any atom is 0.363 e. The summed E-state index contributed by atoms with van der Waals surface area (Å²) in [6.45, 7) is 0. The van der Waals surface area contributed by atoms with Crippen LogP contribution in [0.3, 0.4) is 0 Å². The minimum Gasteiger partial charge on any atom is -0.476 e. The van der Waals surface area contributed by atoms with E-state index in [2.05, 4.69) is 31.0 Å². The van der Waals surface area contributed by atoms with Crippen LogP contribution in [0, 0.1) is 10.1 Å². The molecule has 0 bridgehead atoms. The number of carboxylic acid groups (broad SMARTS) is 1. The van der Waals surface area contributed by atoms with E-state index in [0.29, 0.717) is 0 Å². The quantitative estimate of drug-likeness (QED) is 0.609. The monoisotopic (exact) mass is 329 g/mol. The highest BCUT2D eigenvalue weighted by molar-refractivity contribution is 9.10. The molecule has 0 aromatic carbocycles. The molecule has 2 aromatic rings. The van der Waals surface area contributed by atoms with Crippen LogP contribution in [0.25, 0.3) is 5.82 Å². The molecule has 0 spiro atoms. The predicted octanol–water partition coefficient (Wildman–Crippen LogP) is 0.325. The van der Waals surface area contributed by atoms with E-state index in [1.807, 2.05) is 0 Å². The Labute approximate surface area is 112 Å². The predicted molar refractivity (Wildman–Crippen MR) is 63.3 cm³/mol. The molecule has 2 aromatic heterocycles. The lowest BCUT2D eigenvalue weighted by atomic mass is 10.4. The molecule has 0 radical (unpaired) electrons. The van der Waals surface area contributed by atoms with Crippen molar-refractivity contribution in [1.82, 2.24) is 19.7 Å². The van der Waals surface area contributed by atoms with Crippen LogP contribution in [0.4, 0.5) is 5.69 Å². The molecule has 0 aliphatic carbocycles. The third-order valence-corrected chi connectivity index (χ3v) is 2.80. The molecule has 0 atom stereocenters. The second-order valence-corrected chi connectivity index (χ2v) is 4.03. The number of carboxylic acids is 1. The van der Waals surface area contributed by atoms with Gasteiger partial charge in [-0.2, -0.15) is 5.10 Å². The Morgan fingerprint density at radius 1 is 1.58 bits per heavy atom. The van der Waals surface area contributed by atoms with Crippen molar-refractivity contribution in [3.63, 3.8) is 0 Å². The molecule has 0 unspecified atom stereocenters. The standard InChI is InChI=1S/C8H4BrN5O5/c9-4-6(10-2-11-7(4)15)13-1-3(14(18)19)5(12-13)8(16)17/h1-2H,(H,16,17)(H,10,11,15). The number of aromatic nitrogens is 4. The molecule has 0 saturated carbocycles. The molecular weight excluding hydrogens is 326 g/mol. The number of hydrogen-bond donors (Lipinski definition) is 2. The Bertz CT molecular complexity index is 704. The van der Waals surface area contributed by atoms with E-state index in [1.54, 1.807) is 0 Å². The van der Waals surface area contributed by atoms with Gasteiger partial charge in [-0.15, -0.1) is 0 Å². The molecule has 2 N–H and O–H groups in total. The van der Waals surface area contributed by atoms with Gasteiger partial charge in [-0.3, -0.25) is 14.9 Å². The Kier molecular flexibility index (Phi) is 3.12. The summed E-state index contributed by atoms with van der Waals surface area (Å²) in [5.74, 6) is -1.61. The topological polar surface area (TPSA) is 144 Å². The van der Waals surface area contributed by atoms with Crippen molar-refractivity contribution in [1.29, 1.82) is 0 Å². The Balaban J connectivity index is 2.68. The Morgan fingerprint density at radius 3 is 2.79 bits per heavy atom. The number of aromatic amines is 1. The molecule has 10 nitrogen and oxygen atoms in total. The van der Waals surface area contributed by atoms with Crippen molar-refractivity contribution in [3.05, 3.63) is 43.2 Å². The zero-order chi connectivity index (χ0) is 14.2. The van der Waals surface area contributed by atoms with Gasteiger partial charge < -0.3 is 10.1 Å². The first-order chi connectivity index (χ1) is 8.91. The van der Waals surface area contributed by atoms with E-state index in [0.717, 1.165) is 17.2 Å². The molecule has 2 heterocycles. The Morgan fingerprint density at radius 2 is 2.26 bits per heavy atom. The van der Waals surface area contributed by atoms with Crippen molar-refractivity contribution in [3.8, 4) is 5.82 Å². The maximum absolute atomic E-state index is 11.3. The van der Waals surface area contributed by atoms with Crippen LogP contribution < -0.4 is 5.56 Å². The van der Waals surface area contributed by atoms with Crippen LogP contribution in [-0.4, -0.2) is 35.7 Å². The summed E-state index contributed by atoms with van der Waals surface area (Å²) in [5.41, 5.74) is -1.96. The highest BCUT2D eigenvalue weighted by atomic mass is 79.9. The van der Waals surface area contributed by atoms with Crippen molar-refractivity contribution in [2.24, 2.45) is 0 Å². The molecule has 11 heteroatoms. The zero-order valence-electron chi connectivity index (χ0n) is 8.90. The smallest absolute Gasteiger partial charge is 0.363 e. The zero-order valence-corrected chi connectivity index (χ0v) is 10.5. The third-order valence-electron chi connectivity index (χ3n) is 2.09. The fourth-order valence-corrected chi connectivity index (χ4v) is 1.69. The molecule has 0 aliphatic heterocycles. The molecular formula is C8H4BrN5O5. The minimum atomic E-state index is -1.55. The van der Waals surface area contributed by atoms with Gasteiger partial charge in [-0.25, -0.2) is 14.5 Å². The number of halogens is 1. The Hall–Kier alpha value is -2.56. The number of hydrogen-bond acceptors (Lipinski definition) is 6. The van der Waals surface area contributed by atoms with E-state index in [-0.39, 0.29) is 10.3 Å². The van der Waals surface area contributed by atoms with Crippen molar-refractivity contribution < 1.29 is 14.8 Å². The summed E-state index contributed by atoms with van der Waals surface area (Å²) in [6, 6.07) is 0. The highest BCUT2D eigenvalue weighted by Crippen LogP contribution is 2.20. The van der Waals surface area contributed by atoms with Crippen LogP contribution in [0.5, 0.6) is 0 Å². The molecule has 0 aliphatic rings. The second kappa shape index (κ2) is 4.61. The number of nitrogens with zero attached hydrogens (tertiary/aromatic N) is 4. The van der Waals surface area contributed by atoms with E-state index < -0.39 is 27.8 Å². The van der Waals surface area contributed by atoms with Gasteiger partial charge in [0.15, 0.2) is 5.82 Å². The van der Waals surface area contributed by atoms with Gasteiger partial charge >= 0.3 is 11.7 Å². The average Bonchev–Trinajstić information content (AvgIpc) is 2.77. The number of rotatable bonds is 3. The van der Waals surface area contributed by atoms with Gasteiger partial charge in [0.1, 0.15) is 10.7 Å². The number of H-pyrrole nitrogens is 1. The first kappa shape index (κ1) is 12.9. The van der Waals surface area contributed by atoms with Gasteiger partial charge in [0.2, 0.25) is 5.69 Å². The van der Waals surface area contributed by atoms with Crippen LogP contribution in [0.15, 0.2) is 21.8 Å².